The summed E-state index contributed by atoms with van der Waals surface area (Å²) in [6.07, 6.45) is -2.95. The van der Waals surface area contributed by atoms with Crippen molar-refractivity contribution < 1.29 is 43.5 Å². The highest BCUT2D eigenvalue weighted by Crippen LogP contribution is 2.39. The van der Waals surface area contributed by atoms with Crippen molar-refractivity contribution in [1.29, 1.82) is 0 Å². The van der Waals surface area contributed by atoms with Crippen LogP contribution in [0.5, 0.6) is 5.75 Å². The lowest BCUT2D eigenvalue weighted by atomic mass is 9.72. The number of hydrogen-bond acceptors (Lipinski definition) is 5. The molecule has 0 spiro atoms. The van der Waals surface area contributed by atoms with Gasteiger partial charge in [-0.3, -0.25) is 0 Å². The molecule has 2 aromatic rings. The molecule has 0 amide bonds. The second kappa shape index (κ2) is 11.0. The first-order valence-electron chi connectivity index (χ1n) is 11.1. The highest BCUT2D eigenvalue weighted by Gasteiger charge is 2.38. The minimum Gasteiger partial charge on any atom is -0.490 e. The van der Waals surface area contributed by atoms with Crippen LogP contribution in [0.25, 0.3) is 0 Å². The van der Waals surface area contributed by atoms with Gasteiger partial charge >= 0.3 is 6.18 Å². The van der Waals surface area contributed by atoms with E-state index in [9.17, 15) is 38.8 Å². The smallest absolute Gasteiger partial charge is 0.416 e. The van der Waals surface area contributed by atoms with Crippen LogP contribution in [0.3, 0.4) is 0 Å². The first kappa shape index (κ1) is 28.3. The van der Waals surface area contributed by atoms with E-state index in [0.717, 1.165) is 30.3 Å². The molecule has 13 heteroatoms. The number of benzene rings is 2. The molecule has 1 aliphatic rings. The van der Waals surface area contributed by atoms with Crippen LogP contribution < -0.4 is 9.88 Å². The molecule has 0 radical (unpaired) electrons. The van der Waals surface area contributed by atoms with E-state index < -0.39 is 60.8 Å². The summed E-state index contributed by atoms with van der Waals surface area (Å²) in [5, 5.41) is 5.13. The van der Waals surface area contributed by atoms with E-state index in [1.165, 1.54) is 0 Å². The van der Waals surface area contributed by atoms with Crippen LogP contribution in [0.15, 0.2) is 47.4 Å². The predicted molar refractivity (Wildman–Crippen MR) is 122 cm³/mol. The first-order chi connectivity index (χ1) is 16.7. The maximum Gasteiger partial charge on any atom is 0.416 e. The summed E-state index contributed by atoms with van der Waals surface area (Å²) in [7, 11) is -7.82. The van der Waals surface area contributed by atoms with Gasteiger partial charge in [0.25, 0.3) is 0 Å². The van der Waals surface area contributed by atoms with Crippen molar-refractivity contribution in [1.82, 2.24) is 0 Å². The average molecular weight is 556 g/mol. The Morgan fingerprint density at radius 1 is 0.944 bits per heavy atom. The number of primary sulfonamides is 1. The van der Waals surface area contributed by atoms with Crippen molar-refractivity contribution in [2.45, 2.75) is 36.8 Å². The van der Waals surface area contributed by atoms with Gasteiger partial charge in [-0.2, -0.15) is 13.2 Å². The van der Waals surface area contributed by atoms with E-state index in [2.05, 4.69) is 0 Å². The van der Waals surface area contributed by atoms with Crippen LogP contribution in [0, 0.1) is 29.4 Å². The highest BCUT2D eigenvalue weighted by atomic mass is 32.2. The molecular weight excluding hydrogens is 529 g/mol. The quantitative estimate of drug-likeness (QED) is 0.458. The lowest BCUT2D eigenvalue weighted by Gasteiger charge is -2.38. The van der Waals surface area contributed by atoms with Crippen LogP contribution in [0.4, 0.5) is 22.0 Å². The third-order valence-electron chi connectivity index (χ3n) is 6.43. The Morgan fingerprint density at radius 3 is 2.19 bits per heavy atom. The molecule has 0 bridgehead atoms. The monoisotopic (exact) mass is 555 g/mol. The van der Waals surface area contributed by atoms with Gasteiger partial charge < -0.3 is 4.74 Å². The fraction of sp³-hybridized carbons (Fsp3) is 0.478. The highest BCUT2D eigenvalue weighted by molar-refractivity contribution is 7.91. The molecule has 6 nitrogen and oxygen atoms in total. The standard InChI is InChI=1S/C23H26F5NO5S2/c24-18-6-9-21(25)22(12-18)34-13-20-15(10-11-36(29,32)33)2-1-3-16(20)14-35(30,31)19-7-4-17(5-8-19)23(26,27)28/h4-9,12,15-16,20H,1-3,10-11,13-14H2,(H2,29,32,33)/t15-,16?,20-/m0/s1. The Labute approximate surface area is 206 Å². The van der Waals surface area contributed by atoms with Crippen LogP contribution in [0.1, 0.15) is 31.2 Å². The van der Waals surface area contributed by atoms with Crippen LogP contribution in [0.2, 0.25) is 0 Å². The summed E-state index contributed by atoms with van der Waals surface area (Å²) < 4.78 is 121. The molecule has 1 unspecified atom stereocenters. The van der Waals surface area contributed by atoms with E-state index >= 15 is 0 Å². The fourth-order valence-electron chi connectivity index (χ4n) is 4.61. The zero-order valence-corrected chi connectivity index (χ0v) is 20.7. The van der Waals surface area contributed by atoms with Crippen molar-refractivity contribution >= 4 is 19.9 Å². The second-order valence-electron chi connectivity index (χ2n) is 8.96. The topological polar surface area (TPSA) is 104 Å². The zero-order valence-electron chi connectivity index (χ0n) is 19.0. The maximum atomic E-state index is 14.1. The molecule has 0 aliphatic heterocycles. The Balaban J connectivity index is 1.84. The zero-order chi connectivity index (χ0) is 26.7. The molecule has 2 aromatic carbocycles. The van der Waals surface area contributed by atoms with Gasteiger partial charge in [0, 0.05) is 6.07 Å². The van der Waals surface area contributed by atoms with Gasteiger partial charge in [0.05, 0.1) is 28.6 Å². The van der Waals surface area contributed by atoms with Crippen molar-refractivity contribution in [2.24, 2.45) is 22.9 Å². The summed E-state index contributed by atoms with van der Waals surface area (Å²) in [4.78, 5) is -0.280. The average Bonchev–Trinajstić information content (AvgIpc) is 2.78. The summed E-state index contributed by atoms with van der Waals surface area (Å²) in [5.74, 6) is -4.13. The predicted octanol–water partition coefficient (Wildman–Crippen LogP) is 4.55. The number of halogens is 5. The molecule has 200 valence electrons. The lowest BCUT2D eigenvalue weighted by molar-refractivity contribution is -0.137. The Bertz CT molecular complexity index is 1260. The number of nitrogens with two attached hydrogens (primary N) is 1. The Morgan fingerprint density at radius 2 is 1.58 bits per heavy atom. The largest absolute Gasteiger partial charge is 0.490 e. The van der Waals surface area contributed by atoms with Gasteiger partial charge in [-0.1, -0.05) is 12.8 Å². The normalized spacial score (nSPS) is 21.3. The summed E-state index contributed by atoms with van der Waals surface area (Å²) in [5.41, 5.74) is -0.981. The number of hydrogen-bond donors (Lipinski definition) is 1. The fourth-order valence-corrected chi connectivity index (χ4v) is 6.96. The van der Waals surface area contributed by atoms with E-state index in [0.29, 0.717) is 31.4 Å². The van der Waals surface area contributed by atoms with Crippen molar-refractivity contribution in [3.8, 4) is 5.75 Å². The number of alkyl halides is 3. The third kappa shape index (κ3) is 7.62. The lowest BCUT2D eigenvalue weighted by Crippen LogP contribution is -2.38. The summed E-state index contributed by atoms with van der Waals surface area (Å²) in [6.45, 7) is -0.205. The second-order valence-corrected chi connectivity index (χ2v) is 12.7. The SMILES string of the molecule is NS(=O)(=O)CC[C@@H]1CCCC(CS(=O)(=O)c2ccc(C(F)(F)F)cc2)[C@H]1COc1cc(F)ccc1F. The number of rotatable bonds is 9. The molecule has 1 fully saturated rings. The molecule has 0 heterocycles. The minimum absolute atomic E-state index is 0.120. The van der Waals surface area contributed by atoms with Crippen LogP contribution >= 0.6 is 0 Å². The van der Waals surface area contributed by atoms with Gasteiger partial charge in [-0.05, 0) is 67.0 Å². The molecule has 0 aromatic heterocycles. The molecular formula is C23H26F5NO5S2. The number of ether oxygens (including phenoxy) is 1. The summed E-state index contributed by atoms with van der Waals surface area (Å²) in [6, 6.07) is 5.82. The van der Waals surface area contributed by atoms with Crippen LogP contribution in [-0.2, 0) is 26.0 Å². The van der Waals surface area contributed by atoms with E-state index in [1.54, 1.807) is 0 Å². The molecule has 2 N–H and O–H groups in total. The molecule has 3 rings (SSSR count). The van der Waals surface area contributed by atoms with Gasteiger partial charge in [-0.15, -0.1) is 0 Å². The molecule has 36 heavy (non-hydrogen) atoms. The van der Waals surface area contributed by atoms with Crippen LogP contribution in [-0.4, -0.2) is 34.9 Å². The number of sulfonamides is 1. The van der Waals surface area contributed by atoms with E-state index in [-0.39, 0.29) is 35.3 Å². The summed E-state index contributed by atoms with van der Waals surface area (Å²) >= 11 is 0. The van der Waals surface area contributed by atoms with Gasteiger partial charge in [0.1, 0.15) is 5.82 Å². The maximum absolute atomic E-state index is 14.1. The van der Waals surface area contributed by atoms with Gasteiger partial charge in [0.15, 0.2) is 21.4 Å². The molecule has 1 aliphatic carbocycles. The van der Waals surface area contributed by atoms with Crippen molar-refractivity contribution in [3.05, 3.63) is 59.7 Å². The van der Waals surface area contributed by atoms with Crippen molar-refractivity contribution in [3.63, 3.8) is 0 Å². The number of sulfone groups is 1. The van der Waals surface area contributed by atoms with E-state index in [1.807, 2.05) is 0 Å². The molecule has 3 atom stereocenters. The third-order valence-corrected chi connectivity index (χ3v) is 9.09. The Kier molecular flexibility index (Phi) is 8.67. The first-order valence-corrected chi connectivity index (χ1v) is 14.5. The minimum atomic E-state index is -4.61. The van der Waals surface area contributed by atoms with Gasteiger partial charge in [-0.25, -0.2) is 30.8 Å². The van der Waals surface area contributed by atoms with E-state index in [4.69, 9.17) is 9.88 Å². The van der Waals surface area contributed by atoms with Crippen molar-refractivity contribution in [2.75, 3.05) is 18.1 Å². The van der Waals surface area contributed by atoms with Gasteiger partial charge in [0.2, 0.25) is 10.0 Å². The Hall–Kier alpha value is -2.25. The molecule has 0 saturated heterocycles. The molecule has 1 saturated carbocycles.